The molecule has 0 saturated heterocycles. The zero-order valence-corrected chi connectivity index (χ0v) is 13.7. The Morgan fingerprint density at radius 1 is 0.704 bits per heavy atom. The van der Waals surface area contributed by atoms with Crippen LogP contribution in [-0.4, -0.2) is 36.6 Å². The lowest BCUT2D eigenvalue weighted by atomic mass is 9.78. The van der Waals surface area contributed by atoms with E-state index in [4.69, 9.17) is 19.7 Å². The molecule has 0 atom stereocenters. The Bertz CT molecular complexity index is 606. The van der Waals surface area contributed by atoms with E-state index in [-0.39, 0.29) is 48.3 Å². The first-order valence-electron chi connectivity index (χ1n) is 7.76. The Labute approximate surface area is 166 Å². The molecule has 0 spiro atoms. The fraction of sp³-hybridized carbons (Fsp3) is 0.478. The van der Waals surface area contributed by atoms with Crippen molar-refractivity contribution >= 4 is 0 Å². The summed E-state index contributed by atoms with van der Waals surface area (Å²) < 4.78 is 10.9. The molecule has 0 radical (unpaired) electrons. The van der Waals surface area contributed by atoms with E-state index >= 15 is 0 Å². The molecule has 0 heterocycles. The normalized spacial score (nSPS) is 9.63. The van der Waals surface area contributed by atoms with Gasteiger partial charge in [-0.3, -0.25) is 0 Å². The minimum Gasteiger partial charge on any atom is -0.491 e. The molecule has 27 heavy (non-hydrogen) atoms. The molecule has 0 amide bonds. The molecular weight excluding hydrogens is 340 g/mol. The Hall–Kier alpha value is -2.04. The van der Waals surface area contributed by atoms with Crippen LogP contribution < -0.4 is 9.47 Å². The molecule has 2 rings (SSSR count). The first-order valence-corrected chi connectivity index (χ1v) is 7.76. The minimum atomic E-state index is -0.186. The van der Waals surface area contributed by atoms with Crippen LogP contribution in [0.4, 0.5) is 0 Å². The van der Waals surface area contributed by atoms with E-state index in [1.807, 2.05) is 42.5 Å². The zero-order valence-electron chi connectivity index (χ0n) is 13.7. The van der Waals surface area contributed by atoms with E-state index < -0.39 is 0 Å². The lowest BCUT2D eigenvalue weighted by Crippen LogP contribution is -2.19. The molecule has 0 aliphatic rings. The van der Waals surface area contributed by atoms with E-state index in [1.165, 1.54) is 0 Å². The average molecular weight is 381 g/mol. The summed E-state index contributed by atoms with van der Waals surface area (Å²) in [7, 11) is 0. The largest absolute Gasteiger partial charge is 0.491 e. The number of aliphatic hydroxyl groups excluding tert-OH is 2. The molecule has 0 aliphatic heterocycles. The summed E-state index contributed by atoms with van der Waals surface area (Å²) in [6, 6.07) is 15.8. The molecule has 0 unspecified atom stereocenters. The molecule has 0 saturated carbocycles. The average Bonchev–Trinajstić information content (AvgIpc) is 2.58. The second kappa shape index (κ2) is 14.1. The summed E-state index contributed by atoms with van der Waals surface area (Å²) in [5.41, 5.74) is 2.11. The summed E-state index contributed by atoms with van der Waals surface area (Å²) in [6.45, 7) is 4.91. The number of benzene rings is 2. The summed E-state index contributed by atoms with van der Waals surface area (Å²) in [6.07, 6.45) is 0. The standard InChI is InChI=1S/C19H24O4.4CH4/c1-19(2,15-6-8-17(9-7-15)22-12-10-20)16-4-3-5-18(14-16)23-13-11-21;;;;/h3-9,14,20-21H,10-13H2,1-2H3;4*1H4. The van der Waals surface area contributed by atoms with Gasteiger partial charge in [-0.05, 0) is 35.4 Å². The van der Waals surface area contributed by atoms with Crippen molar-refractivity contribution in [3.05, 3.63) is 59.7 Å². The van der Waals surface area contributed by atoms with Crippen LogP contribution in [0.1, 0.15) is 54.7 Å². The van der Waals surface area contributed by atoms with Gasteiger partial charge in [0.1, 0.15) is 24.7 Å². The van der Waals surface area contributed by atoms with Gasteiger partial charge in [0.2, 0.25) is 0 Å². The van der Waals surface area contributed by atoms with Crippen molar-refractivity contribution in [2.45, 2.75) is 49.0 Å². The van der Waals surface area contributed by atoms with E-state index in [0.29, 0.717) is 13.2 Å². The first-order chi connectivity index (χ1) is 11.1. The van der Waals surface area contributed by atoms with Gasteiger partial charge in [0.25, 0.3) is 0 Å². The van der Waals surface area contributed by atoms with Crippen LogP contribution in [0, 0.1) is 0 Å². The maximum absolute atomic E-state index is 8.87. The van der Waals surface area contributed by atoms with Crippen molar-refractivity contribution in [1.82, 2.24) is 0 Å². The third-order valence-corrected chi connectivity index (χ3v) is 3.85. The highest BCUT2D eigenvalue weighted by Crippen LogP contribution is 2.34. The second-order valence-electron chi connectivity index (χ2n) is 5.82. The van der Waals surface area contributed by atoms with Gasteiger partial charge >= 0.3 is 0 Å². The number of hydrogen-bond acceptors (Lipinski definition) is 4. The lowest BCUT2D eigenvalue weighted by molar-refractivity contribution is 0.201. The van der Waals surface area contributed by atoms with Crippen molar-refractivity contribution in [1.29, 1.82) is 0 Å². The quantitative estimate of drug-likeness (QED) is 0.652. The highest BCUT2D eigenvalue weighted by Gasteiger charge is 2.23. The predicted octanol–water partition coefficient (Wildman–Crippen LogP) is 5.30. The van der Waals surface area contributed by atoms with Gasteiger partial charge < -0.3 is 19.7 Å². The summed E-state index contributed by atoms with van der Waals surface area (Å²) >= 11 is 0. The highest BCUT2D eigenvalue weighted by molar-refractivity contribution is 5.42. The number of aliphatic hydroxyl groups is 2. The van der Waals surface area contributed by atoms with Crippen LogP contribution in [0.3, 0.4) is 0 Å². The van der Waals surface area contributed by atoms with Crippen molar-refractivity contribution in [3.63, 3.8) is 0 Å². The van der Waals surface area contributed by atoms with Gasteiger partial charge in [-0.2, -0.15) is 0 Å². The lowest BCUT2D eigenvalue weighted by Gasteiger charge is -2.26. The fourth-order valence-corrected chi connectivity index (χ4v) is 2.44. The maximum atomic E-state index is 8.87. The summed E-state index contributed by atoms with van der Waals surface area (Å²) in [5, 5.41) is 17.7. The minimum absolute atomic E-state index is 0. The van der Waals surface area contributed by atoms with Crippen molar-refractivity contribution in [2.24, 2.45) is 0 Å². The van der Waals surface area contributed by atoms with Crippen LogP contribution in [0.15, 0.2) is 48.5 Å². The molecule has 4 heteroatoms. The molecule has 2 aromatic carbocycles. The summed E-state index contributed by atoms with van der Waals surface area (Å²) in [5.74, 6) is 1.51. The van der Waals surface area contributed by atoms with E-state index in [2.05, 4.69) is 19.9 Å². The van der Waals surface area contributed by atoms with E-state index in [0.717, 1.165) is 22.6 Å². The number of rotatable bonds is 8. The summed E-state index contributed by atoms with van der Waals surface area (Å²) in [4.78, 5) is 0. The van der Waals surface area contributed by atoms with Crippen LogP contribution in [-0.2, 0) is 5.41 Å². The molecular formula is C23H40O4. The first kappa shape index (κ1) is 29.7. The Morgan fingerprint density at radius 3 is 1.74 bits per heavy atom. The topological polar surface area (TPSA) is 58.9 Å². The predicted molar refractivity (Wildman–Crippen MR) is 117 cm³/mol. The molecule has 0 fully saturated rings. The Balaban J connectivity index is -0.00000144. The monoisotopic (exact) mass is 380 g/mol. The van der Waals surface area contributed by atoms with E-state index in [9.17, 15) is 0 Å². The van der Waals surface area contributed by atoms with E-state index in [1.54, 1.807) is 0 Å². The molecule has 2 aromatic rings. The van der Waals surface area contributed by atoms with Gasteiger partial charge in [0.15, 0.2) is 0 Å². The van der Waals surface area contributed by atoms with Crippen LogP contribution in [0.2, 0.25) is 0 Å². The van der Waals surface area contributed by atoms with Crippen molar-refractivity contribution < 1.29 is 19.7 Å². The Kier molecular flexibility index (Phi) is 15.5. The van der Waals surface area contributed by atoms with Crippen molar-refractivity contribution in [2.75, 3.05) is 26.4 Å². The number of ether oxygens (including phenoxy) is 2. The molecule has 156 valence electrons. The van der Waals surface area contributed by atoms with Crippen LogP contribution in [0.25, 0.3) is 0 Å². The molecule has 2 N–H and O–H groups in total. The van der Waals surface area contributed by atoms with Crippen molar-refractivity contribution in [3.8, 4) is 11.5 Å². The second-order valence-corrected chi connectivity index (χ2v) is 5.82. The Morgan fingerprint density at radius 2 is 1.22 bits per heavy atom. The van der Waals surface area contributed by atoms with Gasteiger partial charge in [-0.25, -0.2) is 0 Å². The highest BCUT2D eigenvalue weighted by atomic mass is 16.5. The van der Waals surface area contributed by atoms with Gasteiger partial charge in [-0.1, -0.05) is 67.8 Å². The smallest absolute Gasteiger partial charge is 0.119 e. The zero-order chi connectivity index (χ0) is 16.7. The van der Waals surface area contributed by atoms with Gasteiger partial charge in [0.05, 0.1) is 13.2 Å². The molecule has 0 aromatic heterocycles. The SMILES string of the molecule is C.C.C.C.CC(C)(c1ccc(OCCO)cc1)c1cccc(OCCO)c1. The fourth-order valence-electron chi connectivity index (χ4n) is 2.44. The van der Waals surface area contributed by atoms with Crippen LogP contribution >= 0.6 is 0 Å². The molecule has 0 aliphatic carbocycles. The third kappa shape index (κ3) is 8.02. The number of hydrogen-bond donors (Lipinski definition) is 2. The molecule has 0 bridgehead atoms. The maximum Gasteiger partial charge on any atom is 0.119 e. The van der Waals surface area contributed by atoms with Gasteiger partial charge in [-0.15, -0.1) is 0 Å². The molecule has 4 nitrogen and oxygen atoms in total. The van der Waals surface area contributed by atoms with Crippen LogP contribution in [0.5, 0.6) is 11.5 Å². The van der Waals surface area contributed by atoms with Gasteiger partial charge in [0, 0.05) is 5.41 Å². The third-order valence-electron chi connectivity index (χ3n) is 3.85.